The number of rotatable bonds is 5. The second-order valence-electron chi connectivity index (χ2n) is 5.66. The molecule has 2 unspecified atom stereocenters. The number of nitrogens with one attached hydrogen (secondary N) is 1. The van der Waals surface area contributed by atoms with Gasteiger partial charge in [0, 0.05) is 10.5 Å². The van der Waals surface area contributed by atoms with E-state index in [1.165, 1.54) is 36.4 Å². The van der Waals surface area contributed by atoms with Crippen molar-refractivity contribution in [1.82, 2.24) is 5.32 Å². The molecule has 0 radical (unpaired) electrons. The molecule has 1 aromatic heterocycles. The predicted octanol–water partition coefficient (Wildman–Crippen LogP) is 1.71. The third-order valence-corrected chi connectivity index (χ3v) is 7.49. The summed E-state index contributed by atoms with van der Waals surface area (Å²) in [7, 11) is -9.31. The molecule has 0 aliphatic carbocycles. The Kier molecular flexibility index (Phi) is 5.40. The maximum Gasteiger partial charge on any atom is 0.335 e. The van der Waals surface area contributed by atoms with Gasteiger partial charge in [-0.05, 0) is 30.3 Å². The first-order valence-corrected chi connectivity index (χ1v) is 11.3. The fraction of sp³-hybridized carbons (Fsp3) is 0.133. The minimum atomic E-state index is -4.70. The van der Waals surface area contributed by atoms with Gasteiger partial charge in [0.05, 0.1) is 5.56 Å². The molecule has 1 saturated heterocycles. The van der Waals surface area contributed by atoms with Gasteiger partial charge in [-0.3, -0.25) is 14.4 Å². The van der Waals surface area contributed by atoms with Crippen molar-refractivity contribution >= 4 is 44.0 Å². The zero-order valence-electron chi connectivity index (χ0n) is 13.7. The maximum absolute atomic E-state index is 11.5. The van der Waals surface area contributed by atoms with Crippen molar-refractivity contribution in [1.29, 1.82) is 0 Å². The van der Waals surface area contributed by atoms with Gasteiger partial charge in [-0.1, -0.05) is 23.9 Å². The van der Waals surface area contributed by atoms with Crippen LogP contribution in [-0.2, 0) is 20.2 Å². The van der Waals surface area contributed by atoms with E-state index in [9.17, 15) is 26.2 Å². The highest BCUT2D eigenvalue weighted by atomic mass is 32.3. The number of benzene rings is 1. The van der Waals surface area contributed by atoms with Crippen LogP contribution in [0.5, 0.6) is 0 Å². The van der Waals surface area contributed by atoms with Crippen LogP contribution >= 0.6 is 11.8 Å². The van der Waals surface area contributed by atoms with Crippen molar-refractivity contribution in [3.8, 4) is 11.3 Å². The first-order chi connectivity index (χ1) is 12.9. The summed E-state index contributed by atoms with van der Waals surface area (Å²) in [6.45, 7) is 0. The first kappa shape index (κ1) is 20.6. The zero-order valence-corrected chi connectivity index (χ0v) is 16.2. The van der Waals surface area contributed by atoms with Crippen LogP contribution in [0.15, 0.2) is 45.7 Å². The fourth-order valence-electron chi connectivity index (χ4n) is 2.42. The molecule has 0 bridgehead atoms. The van der Waals surface area contributed by atoms with Gasteiger partial charge < -0.3 is 9.52 Å². The van der Waals surface area contributed by atoms with Gasteiger partial charge in [0.2, 0.25) is 0 Å². The molecule has 28 heavy (non-hydrogen) atoms. The highest BCUT2D eigenvalue weighted by Gasteiger charge is 2.43. The summed E-state index contributed by atoms with van der Waals surface area (Å²) in [6, 6.07) is 8.87. The van der Waals surface area contributed by atoms with E-state index in [-0.39, 0.29) is 16.2 Å². The maximum atomic E-state index is 11.5. The summed E-state index contributed by atoms with van der Waals surface area (Å²) in [4.78, 5) is 10.8. The summed E-state index contributed by atoms with van der Waals surface area (Å²) in [5, 5.41) is 9.28. The van der Waals surface area contributed by atoms with Gasteiger partial charge in [-0.15, -0.1) is 0 Å². The van der Waals surface area contributed by atoms with Crippen molar-refractivity contribution in [3.05, 3.63) is 52.6 Å². The monoisotopic (exact) mass is 447 g/mol. The summed E-state index contributed by atoms with van der Waals surface area (Å²) >= 11 is 0.505. The highest BCUT2D eigenvalue weighted by molar-refractivity contribution is 8.15. The fourth-order valence-corrected chi connectivity index (χ4v) is 5.75. The molecular formula is C15H13NO9S3. The van der Waals surface area contributed by atoms with Crippen LogP contribution in [-0.4, -0.2) is 47.1 Å². The summed E-state index contributed by atoms with van der Waals surface area (Å²) in [5.74, 6) is -0.562. The lowest BCUT2D eigenvalue weighted by molar-refractivity contribution is 0.0697. The van der Waals surface area contributed by atoms with Gasteiger partial charge in [0.1, 0.15) is 11.5 Å². The normalized spacial score (nSPS) is 21.9. The number of hydrogen-bond donors (Lipinski definition) is 4. The van der Waals surface area contributed by atoms with Gasteiger partial charge >= 0.3 is 5.97 Å². The Bertz CT molecular complexity index is 1150. The van der Waals surface area contributed by atoms with Crippen LogP contribution in [0, 0.1) is 0 Å². The molecule has 0 saturated carbocycles. The average molecular weight is 447 g/mol. The molecule has 150 valence electrons. The molecule has 1 aliphatic heterocycles. The molecular weight excluding hydrogens is 434 g/mol. The van der Waals surface area contributed by atoms with Gasteiger partial charge in [0.25, 0.3) is 20.2 Å². The van der Waals surface area contributed by atoms with Crippen molar-refractivity contribution in [2.75, 3.05) is 0 Å². The Morgan fingerprint density at radius 2 is 1.68 bits per heavy atom. The van der Waals surface area contributed by atoms with E-state index in [4.69, 9.17) is 14.1 Å². The van der Waals surface area contributed by atoms with Crippen molar-refractivity contribution in [2.24, 2.45) is 0 Å². The smallest absolute Gasteiger partial charge is 0.335 e. The predicted molar refractivity (Wildman–Crippen MR) is 100 cm³/mol. The van der Waals surface area contributed by atoms with Crippen molar-refractivity contribution < 1.29 is 40.3 Å². The third kappa shape index (κ3) is 4.45. The van der Waals surface area contributed by atoms with Crippen LogP contribution in [0.4, 0.5) is 0 Å². The highest BCUT2D eigenvalue weighted by Crippen LogP contribution is 2.37. The summed E-state index contributed by atoms with van der Waals surface area (Å²) < 4.78 is 67.9. The lowest BCUT2D eigenvalue weighted by atomic mass is 10.1. The van der Waals surface area contributed by atoms with E-state index in [0.29, 0.717) is 23.1 Å². The van der Waals surface area contributed by atoms with E-state index in [1.54, 1.807) is 6.07 Å². The van der Waals surface area contributed by atoms with Crippen molar-refractivity contribution in [2.45, 2.75) is 10.1 Å². The molecule has 2 heterocycles. The standard InChI is InChI=1S/C15H13NO9S3/c17-14(18)9-3-1-8(2-4-9)11-6-5-10(25-11)7-12-13(27(19,20)21)16-15(26-12)28(22,23)24/h1-7,13,15-16H,(H,17,18)(H,19,20,21)(H,22,23,24). The molecule has 2 atom stereocenters. The second-order valence-corrected chi connectivity index (χ2v) is 10.1. The van der Waals surface area contributed by atoms with Crippen LogP contribution in [0.1, 0.15) is 16.1 Å². The number of furan rings is 1. The third-order valence-electron chi connectivity index (χ3n) is 3.69. The molecule has 2 aromatic rings. The first-order valence-electron chi connectivity index (χ1n) is 7.45. The molecule has 3 rings (SSSR count). The number of carboxylic acids is 1. The van der Waals surface area contributed by atoms with E-state index >= 15 is 0 Å². The van der Waals surface area contributed by atoms with Crippen LogP contribution in [0.25, 0.3) is 17.4 Å². The molecule has 1 fully saturated rings. The topological polar surface area (TPSA) is 171 Å². The van der Waals surface area contributed by atoms with Crippen LogP contribution < -0.4 is 5.32 Å². The van der Waals surface area contributed by atoms with Crippen LogP contribution in [0.3, 0.4) is 0 Å². The summed E-state index contributed by atoms with van der Waals surface area (Å²) in [6.07, 6.45) is 1.22. The molecule has 1 aromatic carbocycles. The number of thioether (sulfide) groups is 1. The lowest BCUT2D eigenvalue weighted by Gasteiger charge is -2.08. The van der Waals surface area contributed by atoms with E-state index in [0.717, 1.165) is 0 Å². The Morgan fingerprint density at radius 1 is 1.04 bits per heavy atom. The van der Waals surface area contributed by atoms with Gasteiger partial charge in [-0.25, -0.2) is 4.79 Å². The zero-order chi connectivity index (χ0) is 20.7. The Morgan fingerprint density at radius 3 is 2.21 bits per heavy atom. The molecule has 0 spiro atoms. The van der Waals surface area contributed by atoms with E-state index < -0.39 is 36.3 Å². The molecule has 0 amide bonds. The number of aromatic carboxylic acids is 1. The molecule has 13 heteroatoms. The van der Waals surface area contributed by atoms with Gasteiger partial charge in [-0.2, -0.15) is 16.8 Å². The van der Waals surface area contributed by atoms with Gasteiger partial charge in [0.15, 0.2) is 10.1 Å². The quantitative estimate of drug-likeness (QED) is 0.492. The average Bonchev–Trinajstić information content (AvgIpc) is 3.22. The molecule has 1 aliphatic rings. The van der Waals surface area contributed by atoms with Crippen LogP contribution in [0.2, 0.25) is 0 Å². The van der Waals surface area contributed by atoms with E-state index in [1.807, 2.05) is 0 Å². The SMILES string of the molecule is O=C(O)c1ccc(-c2ccc(C=C3SC(S(=O)(=O)O)NC3S(=O)(=O)O)o2)cc1. The number of carbonyl (C=O) groups is 1. The Hall–Kier alpha value is -2.16. The number of carboxylic acid groups (broad SMARTS) is 1. The Labute approximate surface area is 163 Å². The molecule has 10 nitrogen and oxygen atoms in total. The molecule has 4 N–H and O–H groups in total. The second kappa shape index (κ2) is 7.35. The largest absolute Gasteiger partial charge is 0.478 e. The minimum Gasteiger partial charge on any atom is -0.478 e. The minimum absolute atomic E-state index is 0.0905. The summed E-state index contributed by atoms with van der Waals surface area (Å²) in [5.41, 5.74) is 0.660. The van der Waals surface area contributed by atoms with Crippen molar-refractivity contribution in [3.63, 3.8) is 0 Å². The van der Waals surface area contributed by atoms with E-state index in [2.05, 4.69) is 5.32 Å². The Balaban J connectivity index is 1.91. The lowest BCUT2D eigenvalue weighted by Crippen LogP contribution is -2.38. The number of hydrogen-bond acceptors (Lipinski definition) is 8.